The zero-order valence-electron chi connectivity index (χ0n) is 9.81. The Morgan fingerprint density at radius 2 is 1.92 bits per heavy atom. The van der Waals surface area contributed by atoms with E-state index in [2.05, 4.69) is 26.1 Å². The van der Waals surface area contributed by atoms with Gasteiger partial charge in [-0.3, -0.25) is 4.79 Å². The minimum absolute atomic E-state index is 0. The van der Waals surface area contributed by atoms with Crippen LogP contribution in [0.5, 0.6) is 0 Å². The molecule has 0 aromatic carbocycles. The fourth-order valence-corrected chi connectivity index (χ4v) is 0.848. The van der Waals surface area contributed by atoms with Crippen molar-refractivity contribution in [2.45, 2.75) is 53.9 Å². The molecule has 0 saturated heterocycles. The first kappa shape index (κ1) is 15.0. The van der Waals surface area contributed by atoms with Crippen LogP contribution in [-0.4, -0.2) is 12.5 Å². The van der Waals surface area contributed by atoms with E-state index < -0.39 is 0 Å². The van der Waals surface area contributed by atoms with Crippen molar-refractivity contribution in [2.24, 2.45) is 5.92 Å². The normalized spacial score (nSPS) is 9.08. The first-order chi connectivity index (χ1) is 6.16. The summed E-state index contributed by atoms with van der Waals surface area (Å²) in [5.74, 6) is 0.657. The van der Waals surface area contributed by atoms with E-state index in [-0.39, 0.29) is 7.33 Å². The second kappa shape index (κ2) is 11.5. The Morgan fingerprint density at radius 1 is 1.38 bits per heavy atom. The maximum atomic E-state index is 11.0. The molecule has 0 radical (unpaired) electrons. The van der Waals surface area contributed by atoms with Crippen molar-refractivity contribution in [1.29, 1.82) is 0 Å². The number of unbranched alkanes of at least 4 members (excludes halogenated alkanes) is 1. The zero-order chi connectivity index (χ0) is 10.7. The lowest BCUT2D eigenvalue weighted by atomic mass is 10.1. The molecule has 2 nitrogen and oxygen atoms in total. The standard InChI is InChI=1S/C9H19NO.C2H6.H2/c1-4-5-6-10-9(11)7-8(2)3;1-2;/h8H,4-7H2,1-3H3,(H,10,11);1-2H3;1H. The van der Waals surface area contributed by atoms with Gasteiger partial charge in [0, 0.05) is 14.4 Å². The second-order valence-corrected chi connectivity index (χ2v) is 3.30. The second-order valence-electron chi connectivity index (χ2n) is 3.30. The maximum Gasteiger partial charge on any atom is 0.220 e. The van der Waals surface area contributed by atoms with Gasteiger partial charge in [-0.2, -0.15) is 0 Å². The van der Waals surface area contributed by atoms with Crippen LogP contribution in [0.3, 0.4) is 0 Å². The summed E-state index contributed by atoms with van der Waals surface area (Å²) in [5, 5.41) is 2.88. The van der Waals surface area contributed by atoms with Crippen molar-refractivity contribution in [3.05, 3.63) is 0 Å². The number of hydrogen-bond acceptors (Lipinski definition) is 1. The minimum atomic E-state index is 0. The predicted molar refractivity (Wildman–Crippen MR) is 60.8 cm³/mol. The topological polar surface area (TPSA) is 29.1 Å². The Hall–Kier alpha value is -0.530. The van der Waals surface area contributed by atoms with Gasteiger partial charge in [0.25, 0.3) is 0 Å². The van der Waals surface area contributed by atoms with Gasteiger partial charge in [-0.15, -0.1) is 0 Å². The molecule has 0 heterocycles. The van der Waals surface area contributed by atoms with Crippen LogP contribution in [0, 0.1) is 5.92 Å². The lowest BCUT2D eigenvalue weighted by Crippen LogP contribution is -2.25. The molecule has 0 spiro atoms. The Morgan fingerprint density at radius 3 is 2.31 bits per heavy atom. The Labute approximate surface area is 84.6 Å². The number of nitrogens with one attached hydrogen (secondary N) is 1. The lowest BCUT2D eigenvalue weighted by molar-refractivity contribution is -0.121. The van der Waals surface area contributed by atoms with Crippen molar-refractivity contribution in [1.82, 2.24) is 5.32 Å². The molecule has 1 amide bonds. The summed E-state index contributed by atoms with van der Waals surface area (Å²) in [4.78, 5) is 11.0. The van der Waals surface area contributed by atoms with E-state index in [0.29, 0.717) is 12.3 Å². The summed E-state index contributed by atoms with van der Waals surface area (Å²) in [5.41, 5.74) is 0. The number of carbonyl (C=O) groups excluding carboxylic acids is 1. The van der Waals surface area contributed by atoms with Crippen LogP contribution < -0.4 is 5.32 Å². The molecule has 0 aromatic rings. The summed E-state index contributed by atoms with van der Waals surface area (Å²) in [6.45, 7) is 11.1. The van der Waals surface area contributed by atoms with Gasteiger partial charge in [0.15, 0.2) is 0 Å². The molecule has 0 aliphatic heterocycles. The van der Waals surface area contributed by atoms with Crippen molar-refractivity contribution >= 4 is 5.91 Å². The average Bonchev–Trinajstić information content (AvgIpc) is 2.07. The van der Waals surface area contributed by atoms with E-state index in [1.54, 1.807) is 0 Å². The Bertz CT molecular complexity index is 116. The summed E-state index contributed by atoms with van der Waals surface area (Å²) in [6, 6.07) is 0. The maximum absolute atomic E-state index is 11.0. The molecule has 13 heavy (non-hydrogen) atoms. The number of rotatable bonds is 5. The van der Waals surface area contributed by atoms with E-state index in [1.165, 1.54) is 0 Å². The Balaban J connectivity index is -0.000000376. The number of carbonyl (C=O) groups is 1. The van der Waals surface area contributed by atoms with Gasteiger partial charge in [0.05, 0.1) is 0 Å². The third-order valence-corrected chi connectivity index (χ3v) is 1.45. The third-order valence-electron chi connectivity index (χ3n) is 1.45. The van der Waals surface area contributed by atoms with Crippen LogP contribution in [0.15, 0.2) is 0 Å². The van der Waals surface area contributed by atoms with E-state index in [4.69, 9.17) is 0 Å². The molecule has 0 atom stereocenters. The summed E-state index contributed by atoms with van der Waals surface area (Å²) in [6.07, 6.45) is 2.88. The van der Waals surface area contributed by atoms with Gasteiger partial charge in [-0.25, -0.2) is 0 Å². The van der Waals surface area contributed by atoms with Crippen LogP contribution >= 0.6 is 0 Å². The molecule has 0 unspecified atom stereocenters. The van der Waals surface area contributed by atoms with Crippen molar-refractivity contribution < 1.29 is 6.22 Å². The van der Waals surface area contributed by atoms with Crippen molar-refractivity contribution in [2.75, 3.05) is 6.54 Å². The minimum Gasteiger partial charge on any atom is -0.356 e. The molecular weight excluding hydrogens is 162 g/mol. The van der Waals surface area contributed by atoms with Gasteiger partial charge in [-0.1, -0.05) is 41.0 Å². The first-order valence-electron chi connectivity index (χ1n) is 5.43. The quantitative estimate of drug-likeness (QED) is 0.661. The first-order valence-corrected chi connectivity index (χ1v) is 5.43. The number of hydrogen-bond donors (Lipinski definition) is 1. The number of amides is 1. The summed E-state index contributed by atoms with van der Waals surface area (Å²) in [7, 11) is 0. The molecule has 0 bridgehead atoms. The SMILES string of the molecule is CC.CCCCNC(=O)CC(C)C.[HH]. The van der Waals surface area contributed by atoms with Crippen LogP contribution in [0.25, 0.3) is 0 Å². The molecule has 0 rings (SSSR count). The predicted octanol–water partition coefficient (Wildman–Crippen LogP) is 3.22. The van der Waals surface area contributed by atoms with Crippen LogP contribution in [0.1, 0.15) is 55.3 Å². The zero-order valence-corrected chi connectivity index (χ0v) is 9.81. The smallest absolute Gasteiger partial charge is 0.220 e. The highest BCUT2D eigenvalue weighted by molar-refractivity contribution is 5.75. The van der Waals surface area contributed by atoms with Gasteiger partial charge in [-0.05, 0) is 12.3 Å². The average molecular weight is 189 g/mol. The highest BCUT2D eigenvalue weighted by Crippen LogP contribution is 1.97. The third kappa shape index (κ3) is 14.3. The molecule has 82 valence electrons. The largest absolute Gasteiger partial charge is 0.356 e. The highest BCUT2D eigenvalue weighted by atomic mass is 16.1. The Kier molecular flexibility index (Phi) is 13.2. The van der Waals surface area contributed by atoms with Crippen LogP contribution in [0.2, 0.25) is 0 Å². The van der Waals surface area contributed by atoms with Gasteiger partial charge < -0.3 is 5.32 Å². The fraction of sp³-hybridized carbons (Fsp3) is 0.909. The van der Waals surface area contributed by atoms with Gasteiger partial charge in [0.1, 0.15) is 0 Å². The fourth-order valence-electron chi connectivity index (χ4n) is 0.848. The van der Waals surface area contributed by atoms with E-state index in [0.717, 1.165) is 19.4 Å². The van der Waals surface area contributed by atoms with Crippen LogP contribution in [0.4, 0.5) is 0 Å². The van der Waals surface area contributed by atoms with E-state index in [9.17, 15) is 4.79 Å². The summed E-state index contributed by atoms with van der Waals surface area (Å²) < 4.78 is 0. The van der Waals surface area contributed by atoms with E-state index >= 15 is 0 Å². The van der Waals surface area contributed by atoms with Crippen LogP contribution in [-0.2, 0) is 4.79 Å². The lowest BCUT2D eigenvalue weighted by Gasteiger charge is -2.05. The molecular formula is C11H27NO. The highest BCUT2D eigenvalue weighted by Gasteiger charge is 2.02. The molecule has 0 aliphatic carbocycles. The molecule has 2 heteroatoms. The molecule has 0 aliphatic rings. The van der Waals surface area contributed by atoms with Crippen molar-refractivity contribution in [3.63, 3.8) is 0 Å². The summed E-state index contributed by atoms with van der Waals surface area (Å²) >= 11 is 0. The molecule has 0 fully saturated rings. The van der Waals surface area contributed by atoms with E-state index in [1.807, 2.05) is 13.8 Å². The van der Waals surface area contributed by atoms with Crippen molar-refractivity contribution in [3.8, 4) is 0 Å². The molecule has 0 aromatic heterocycles. The molecule has 1 N–H and O–H groups in total. The monoisotopic (exact) mass is 189 g/mol. The van der Waals surface area contributed by atoms with Gasteiger partial charge in [0.2, 0.25) is 5.91 Å². The van der Waals surface area contributed by atoms with Gasteiger partial charge >= 0.3 is 0 Å². The molecule has 0 saturated carbocycles.